The molecular weight excluding hydrogens is 484 g/mol. The standard InChI is InChI=1S/C25H22N4O6S/c1-3-35-24(34)21-15(2)26-25(36-21)28(13-16-9-5-4-6-10-16)19(30)14-29-22(31)18-12-8-7-11-17(18)20(27-29)23(32)33/h4-12H,3,13-14H2,1-2H3,(H,32,33)/p-1. The highest BCUT2D eigenvalue weighted by Gasteiger charge is 2.25. The minimum Gasteiger partial charge on any atom is -0.543 e. The molecule has 1 amide bonds. The van der Waals surface area contributed by atoms with Crippen molar-refractivity contribution >= 4 is 45.1 Å². The summed E-state index contributed by atoms with van der Waals surface area (Å²) >= 11 is 0.996. The van der Waals surface area contributed by atoms with Crippen LogP contribution in [0, 0.1) is 6.92 Å². The van der Waals surface area contributed by atoms with Gasteiger partial charge < -0.3 is 14.6 Å². The van der Waals surface area contributed by atoms with Crippen LogP contribution in [-0.4, -0.2) is 39.2 Å². The zero-order chi connectivity index (χ0) is 25.8. The number of ether oxygens (including phenoxy) is 1. The van der Waals surface area contributed by atoms with E-state index in [0.717, 1.165) is 21.6 Å². The molecule has 2 aromatic carbocycles. The summed E-state index contributed by atoms with van der Waals surface area (Å²) in [5.74, 6) is -2.68. The number of hydrogen-bond acceptors (Lipinski definition) is 9. The van der Waals surface area contributed by atoms with Gasteiger partial charge in [-0.25, -0.2) is 14.5 Å². The average molecular weight is 506 g/mol. The van der Waals surface area contributed by atoms with Crippen molar-refractivity contribution in [2.75, 3.05) is 11.5 Å². The maximum atomic E-state index is 13.5. The lowest BCUT2D eigenvalue weighted by atomic mass is 10.1. The Morgan fingerprint density at radius 2 is 1.72 bits per heavy atom. The highest BCUT2D eigenvalue weighted by molar-refractivity contribution is 7.17. The van der Waals surface area contributed by atoms with Crippen LogP contribution in [0.2, 0.25) is 0 Å². The van der Waals surface area contributed by atoms with E-state index < -0.39 is 35.6 Å². The van der Waals surface area contributed by atoms with Crippen molar-refractivity contribution in [2.24, 2.45) is 0 Å². The van der Waals surface area contributed by atoms with E-state index in [-0.39, 0.29) is 33.9 Å². The molecule has 4 rings (SSSR count). The normalized spacial score (nSPS) is 10.8. The monoisotopic (exact) mass is 505 g/mol. The van der Waals surface area contributed by atoms with E-state index in [1.165, 1.54) is 17.0 Å². The number of fused-ring (bicyclic) bond motifs is 1. The van der Waals surface area contributed by atoms with E-state index in [2.05, 4.69) is 10.1 Å². The van der Waals surface area contributed by atoms with E-state index >= 15 is 0 Å². The molecule has 0 bridgehead atoms. The topological polar surface area (TPSA) is 135 Å². The fourth-order valence-corrected chi connectivity index (χ4v) is 4.60. The smallest absolute Gasteiger partial charge is 0.350 e. The lowest BCUT2D eigenvalue weighted by molar-refractivity contribution is -0.255. The molecule has 0 spiro atoms. The van der Waals surface area contributed by atoms with Crippen LogP contribution >= 0.6 is 11.3 Å². The van der Waals surface area contributed by atoms with Crippen molar-refractivity contribution < 1.29 is 24.2 Å². The second kappa shape index (κ2) is 10.5. The van der Waals surface area contributed by atoms with Crippen molar-refractivity contribution in [3.63, 3.8) is 0 Å². The predicted octanol–water partition coefficient (Wildman–Crippen LogP) is 1.94. The number of hydrogen-bond donors (Lipinski definition) is 0. The highest BCUT2D eigenvalue weighted by atomic mass is 32.1. The summed E-state index contributed by atoms with van der Waals surface area (Å²) < 4.78 is 5.89. The molecule has 0 saturated carbocycles. The number of aromatic nitrogens is 3. The fraction of sp³-hybridized carbons (Fsp3) is 0.200. The van der Waals surface area contributed by atoms with Crippen LogP contribution in [0.15, 0.2) is 59.4 Å². The Balaban J connectivity index is 1.75. The van der Waals surface area contributed by atoms with Crippen molar-refractivity contribution in [3.8, 4) is 0 Å². The molecular formula is C25H21N4O6S-. The van der Waals surface area contributed by atoms with Gasteiger partial charge in [-0.2, -0.15) is 5.10 Å². The molecule has 0 fully saturated rings. The lowest BCUT2D eigenvalue weighted by Gasteiger charge is -2.21. The van der Waals surface area contributed by atoms with Gasteiger partial charge in [0.25, 0.3) is 11.5 Å². The molecule has 2 aromatic heterocycles. The quantitative estimate of drug-likeness (QED) is 0.332. The van der Waals surface area contributed by atoms with Gasteiger partial charge in [-0.1, -0.05) is 59.9 Å². The van der Waals surface area contributed by atoms with Gasteiger partial charge in [-0.3, -0.25) is 14.5 Å². The van der Waals surface area contributed by atoms with Crippen molar-refractivity contribution in [1.82, 2.24) is 14.8 Å². The Bertz CT molecular complexity index is 1510. The van der Waals surface area contributed by atoms with Gasteiger partial charge in [-0.05, 0) is 25.5 Å². The summed E-state index contributed by atoms with van der Waals surface area (Å²) in [6.07, 6.45) is 0. The van der Waals surface area contributed by atoms with E-state index in [9.17, 15) is 24.3 Å². The lowest BCUT2D eigenvalue weighted by Crippen LogP contribution is -2.38. The van der Waals surface area contributed by atoms with Crippen LogP contribution < -0.4 is 15.6 Å². The molecule has 0 aliphatic rings. The molecule has 36 heavy (non-hydrogen) atoms. The molecule has 184 valence electrons. The third kappa shape index (κ3) is 5.01. The number of carbonyl (C=O) groups excluding carboxylic acids is 3. The molecule has 4 aromatic rings. The second-order valence-electron chi connectivity index (χ2n) is 7.74. The number of benzene rings is 2. The number of anilines is 1. The van der Waals surface area contributed by atoms with Crippen LogP contribution in [-0.2, 0) is 22.6 Å². The second-order valence-corrected chi connectivity index (χ2v) is 8.72. The van der Waals surface area contributed by atoms with Crippen molar-refractivity contribution in [2.45, 2.75) is 26.9 Å². The van der Waals surface area contributed by atoms with Crippen LogP contribution in [0.3, 0.4) is 0 Å². The van der Waals surface area contributed by atoms with E-state index in [1.807, 2.05) is 30.3 Å². The molecule has 0 unspecified atom stereocenters. The van der Waals surface area contributed by atoms with Gasteiger partial charge >= 0.3 is 5.97 Å². The first-order valence-corrected chi connectivity index (χ1v) is 11.8. The molecule has 0 N–H and O–H groups in total. The van der Waals surface area contributed by atoms with Gasteiger partial charge in [0.2, 0.25) is 0 Å². The largest absolute Gasteiger partial charge is 0.543 e. The number of aromatic carboxylic acids is 1. The van der Waals surface area contributed by atoms with Gasteiger partial charge in [0.15, 0.2) is 5.13 Å². The molecule has 2 heterocycles. The Hall–Kier alpha value is -4.38. The number of carbonyl (C=O) groups is 3. The number of rotatable bonds is 8. The first kappa shape index (κ1) is 24.7. The Morgan fingerprint density at radius 3 is 2.39 bits per heavy atom. The van der Waals surface area contributed by atoms with Gasteiger partial charge in [0.05, 0.1) is 30.2 Å². The Labute approximate surface area is 209 Å². The van der Waals surface area contributed by atoms with Crippen LogP contribution in [0.5, 0.6) is 0 Å². The third-order valence-electron chi connectivity index (χ3n) is 5.31. The summed E-state index contributed by atoms with van der Waals surface area (Å²) in [6.45, 7) is 3.07. The first-order chi connectivity index (χ1) is 17.3. The van der Waals surface area contributed by atoms with Crippen LogP contribution in [0.1, 0.15) is 38.3 Å². The fourth-order valence-electron chi connectivity index (χ4n) is 3.62. The first-order valence-electron chi connectivity index (χ1n) is 11.0. The van der Waals surface area contributed by atoms with Crippen LogP contribution in [0.25, 0.3) is 10.8 Å². The summed E-state index contributed by atoms with van der Waals surface area (Å²) in [5, 5.41) is 16.0. The maximum Gasteiger partial charge on any atom is 0.350 e. The summed E-state index contributed by atoms with van der Waals surface area (Å²) in [5.41, 5.74) is 0.124. The van der Waals surface area contributed by atoms with E-state index in [0.29, 0.717) is 5.69 Å². The molecule has 0 aliphatic heterocycles. The number of nitrogens with zero attached hydrogens (tertiary/aromatic N) is 4. The number of carboxylic acids is 1. The Morgan fingerprint density at radius 1 is 1.06 bits per heavy atom. The predicted molar refractivity (Wildman–Crippen MR) is 131 cm³/mol. The molecule has 0 atom stereocenters. The number of esters is 1. The van der Waals surface area contributed by atoms with E-state index in [4.69, 9.17) is 4.74 Å². The average Bonchev–Trinajstić information content (AvgIpc) is 3.26. The third-order valence-corrected chi connectivity index (χ3v) is 6.47. The molecule has 0 aliphatic carbocycles. The number of amides is 1. The van der Waals surface area contributed by atoms with Gasteiger partial charge in [-0.15, -0.1) is 0 Å². The maximum absolute atomic E-state index is 13.5. The molecule has 0 radical (unpaired) electrons. The minimum atomic E-state index is -1.57. The minimum absolute atomic E-state index is 0.101. The van der Waals surface area contributed by atoms with Crippen molar-refractivity contribution in [3.05, 3.63) is 86.8 Å². The zero-order valence-corrected chi connectivity index (χ0v) is 20.3. The highest BCUT2D eigenvalue weighted by Crippen LogP contribution is 2.28. The zero-order valence-electron chi connectivity index (χ0n) is 19.5. The summed E-state index contributed by atoms with van der Waals surface area (Å²) in [4.78, 5) is 56.5. The van der Waals surface area contributed by atoms with E-state index in [1.54, 1.807) is 26.0 Å². The Kier molecular flexibility index (Phi) is 7.20. The van der Waals surface area contributed by atoms with Crippen LogP contribution in [0.4, 0.5) is 5.13 Å². The summed E-state index contributed by atoms with van der Waals surface area (Å²) in [7, 11) is 0. The number of thiazole rings is 1. The molecule has 0 saturated heterocycles. The van der Waals surface area contributed by atoms with Gasteiger partial charge in [0, 0.05) is 5.39 Å². The number of carboxylic acid groups (broad SMARTS) is 1. The van der Waals surface area contributed by atoms with Crippen molar-refractivity contribution in [1.29, 1.82) is 0 Å². The van der Waals surface area contributed by atoms with Gasteiger partial charge in [0.1, 0.15) is 17.1 Å². The summed E-state index contributed by atoms with van der Waals surface area (Å²) in [6, 6.07) is 15.2. The SMILES string of the molecule is CCOC(=O)c1sc(N(Cc2ccccc2)C(=O)Cn2nc(C(=O)[O-])c3ccccc3c2=O)nc1C. The molecule has 10 nitrogen and oxygen atoms in total. The number of aryl methyl sites for hydroxylation is 1. The molecule has 11 heteroatoms.